The lowest BCUT2D eigenvalue weighted by Gasteiger charge is -1.97. The van der Waals surface area contributed by atoms with Gasteiger partial charge in [0.15, 0.2) is 0 Å². The van der Waals surface area contributed by atoms with Crippen LogP contribution in [0.1, 0.15) is 0 Å². The van der Waals surface area contributed by atoms with E-state index in [1.54, 1.807) is 19.5 Å². The maximum absolute atomic E-state index is 5.79. The molecule has 0 atom stereocenters. The van der Waals surface area contributed by atoms with E-state index < -0.39 is 0 Å². The van der Waals surface area contributed by atoms with Crippen LogP contribution in [0.5, 0.6) is 5.75 Å². The van der Waals surface area contributed by atoms with Crippen LogP contribution >= 0.6 is 0 Å². The number of methoxy groups -OCH3 is 1. The third kappa shape index (κ3) is 1.76. The van der Waals surface area contributed by atoms with Gasteiger partial charge < -0.3 is 9.15 Å². The summed E-state index contributed by atoms with van der Waals surface area (Å²) in [4.78, 5) is 3.99. The van der Waals surface area contributed by atoms with Crippen molar-refractivity contribution >= 4 is 11.0 Å². The van der Waals surface area contributed by atoms with Gasteiger partial charge in [-0.25, -0.2) is 0 Å². The Labute approximate surface area is 98.7 Å². The summed E-state index contributed by atoms with van der Waals surface area (Å²) in [7, 11) is 1.65. The minimum atomic E-state index is 0.799. The summed E-state index contributed by atoms with van der Waals surface area (Å²) in [5, 5.41) is 1.07. The van der Waals surface area contributed by atoms with E-state index in [4.69, 9.17) is 9.15 Å². The molecular weight excluding hydrogens is 214 g/mol. The first kappa shape index (κ1) is 9.90. The van der Waals surface area contributed by atoms with Crippen molar-refractivity contribution in [3.05, 3.63) is 48.8 Å². The van der Waals surface area contributed by atoms with E-state index in [9.17, 15) is 0 Å². The predicted octanol–water partition coefficient (Wildman–Crippen LogP) is 3.50. The number of pyridine rings is 1. The largest absolute Gasteiger partial charge is 0.497 e. The Morgan fingerprint density at radius 3 is 2.65 bits per heavy atom. The minimum Gasteiger partial charge on any atom is -0.497 e. The highest BCUT2D eigenvalue weighted by Gasteiger charge is 2.06. The normalized spacial score (nSPS) is 10.6. The van der Waals surface area contributed by atoms with Crippen LogP contribution in [0, 0.1) is 0 Å². The van der Waals surface area contributed by atoms with Crippen molar-refractivity contribution in [2.24, 2.45) is 0 Å². The molecular formula is C14H11NO2. The van der Waals surface area contributed by atoms with Gasteiger partial charge in [0.05, 0.1) is 7.11 Å². The van der Waals surface area contributed by atoms with E-state index >= 15 is 0 Å². The van der Waals surface area contributed by atoms with Crippen LogP contribution in [-0.4, -0.2) is 12.1 Å². The first-order valence-electron chi connectivity index (χ1n) is 5.35. The maximum atomic E-state index is 5.79. The van der Waals surface area contributed by atoms with Crippen molar-refractivity contribution in [3.63, 3.8) is 0 Å². The fourth-order valence-corrected chi connectivity index (χ4v) is 1.80. The molecule has 2 heterocycles. The highest BCUT2D eigenvalue weighted by molar-refractivity contribution is 5.83. The molecule has 0 fully saturated rings. The zero-order valence-corrected chi connectivity index (χ0v) is 9.38. The molecule has 0 N–H and O–H groups in total. The van der Waals surface area contributed by atoms with Gasteiger partial charge in [0.1, 0.15) is 17.1 Å². The molecule has 3 heteroatoms. The van der Waals surface area contributed by atoms with Gasteiger partial charge >= 0.3 is 0 Å². The summed E-state index contributed by atoms with van der Waals surface area (Å²) in [6, 6.07) is 11.7. The van der Waals surface area contributed by atoms with Crippen molar-refractivity contribution in [1.82, 2.24) is 4.98 Å². The fourth-order valence-electron chi connectivity index (χ4n) is 1.80. The van der Waals surface area contributed by atoms with E-state index in [1.807, 2.05) is 36.4 Å². The molecule has 17 heavy (non-hydrogen) atoms. The van der Waals surface area contributed by atoms with Crippen LogP contribution in [0.3, 0.4) is 0 Å². The summed E-state index contributed by atoms with van der Waals surface area (Å²) in [6.45, 7) is 0. The summed E-state index contributed by atoms with van der Waals surface area (Å²) in [6.07, 6.45) is 3.51. The van der Waals surface area contributed by atoms with Crippen LogP contribution in [-0.2, 0) is 0 Å². The number of ether oxygens (including phenoxy) is 1. The number of benzene rings is 1. The molecule has 0 saturated heterocycles. The van der Waals surface area contributed by atoms with Crippen LogP contribution in [0.25, 0.3) is 22.3 Å². The molecule has 84 valence electrons. The SMILES string of the molecule is COc1ccc2cc(-c3ccncc3)oc2c1. The molecule has 3 aromatic rings. The van der Waals surface area contributed by atoms with Crippen LogP contribution < -0.4 is 4.74 Å². The molecule has 0 aliphatic rings. The second kappa shape index (κ2) is 3.94. The van der Waals surface area contributed by atoms with Gasteiger partial charge in [-0.2, -0.15) is 0 Å². The van der Waals surface area contributed by atoms with Crippen molar-refractivity contribution in [1.29, 1.82) is 0 Å². The standard InChI is InChI=1S/C14H11NO2/c1-16-12-3-2-11-8-13(17-14(11)9-12)10-4-6-15-7-5-10/h2-9H,1H3. The minimum absolute atomic E-state index is 0.799. The zero-order valence-electron chi connectivity index (χ0n) is 9.38. The number of hydrogen-bond acceptors (Lipinski definition) is 3. The Bertz CT molecular complexity index is 644. The van der Waals surface area contributed by atoms with Gasteiger partial charge in [0.2, 0.25) is 0 Å². The molecule has 1 aromatic carbocycles. The van der Waals surface area contributed by atoms with Gasteiger partial charge in [0.25, 0.3) is 0 Å². The number of aromatic nitrogens is 1. The van der Waals surface area contributed by atoms with Gasteiger partial charge in [-0.05, 0) is 30.3 Å². The van der Waals surface area contributed by atoms with Gasteiger partial charge in [-0.1, -0.05) is 0 Å². The van der Waals surface area contributed by atoms with Crippen molar-refractivity contribution in [3.8, 4) is 17.1 Å². The average molecular weight is 225 g/mol. The maximum Gasteiger partial charge on any atom is 0.138 e. The molecule has 0 spiro atoms. The molecule has 2 aromatic heterocycles. The number of hydrogen-bond donors (Lipinski definition) is 0. The van der Waals surface area contributed by atoms with Crippen molar-refractivity contribution in [2.45, 2.75) is 0 Å². The summed E-state index contributed by atoms with van der Waals surface area (Å²) >= 11 is 0. The summed E-state index contributed by atoms with van der Waals surface area (Å²) in [5.41, 5.74) is 1.85. The number of furan rings is 1. The average Bonchev–Trinajstić information content (AvgIpc) is 2.82. The topological polar surface area (TPSA) is 35.3 Å². The predicted molar refractivity (Wildman–Crippen MR) is 66.0 cm³/mol. The van der Waals surface area contributed by atoms with Crippen LogP contribution in [0.4, 0.5) is 0 Å². The molecule has 0 unspecified atom stereocenters. The highest BCUT2D eigenvalue weighted by Crippen LogP contribution is 2.29. The summed E-state index contributed by atoms with van der Waals surface area (Å²) in [5.74, 6) is 1.64. The van der Waals surface area contributed by atoms with Gasteiger partial charge in [-0.3, -0.25) is 4.98 Å². The van der Waals surface area contributed by atoms with Crippen molar-refractivity contribution < 1.29 is 9.15 Å². The van der Waals surface area contributed by atoms with Crippen LogP contribution in [0.2, 0.25) is 0 Å². The smallest absolute Gasteiger partial charge is 0.138 e. The molecule has 0 aliphatic carbocycles. The zero-order chi connectivity index (χ0) is 11.7. The van der Waals surface area contributed by atoms with Gasteiger partial charge in [0, 0.05) is 29.4 Å². The summed E-state index contributed by atoms with van der Waals surface area (Å²) < 4.78 is 11.0. The molecule has 0 radical (unpaired) electrons. The van der Waals surface area contributed by atoms with Crippen molar-refractivity contribution in [2.75, 3.05) is 7.11 Å². The first-order valence-corrected chi connectivity index (χ1v) is 5.35. The van der Waals surface area contributed by atoms with E-state index in [-0.39, 0.29) is 0 Å². The Kier molecular flexibility index (Phi) is 2.29. The fraction of sp³-hybridized carbons (Fsp3) is 0.0714. The quantitative estimate of drug-likeness (QED) is 0.669. The number of rotatable bonds is 2. The molecule has 0 saturated carbocycles. The highest BCUT2D eigenvalue weighted by atomic mass is 16.5. The van der Waals surface area contributed by atoms with E-state index in [0.717, 1.165) is 28.0 Å². The number of fused-ring (bicyclic) bond motifs is 1. The first-order chi connectivity index (χ1) is 8.36. The lowest BCUT2D eigenvalue weighted by molar-refractivity contribution is 0.414. The van der Waals surface area contributed by atoms with Gasteiger partial charge in [-0.15, -0.1) is 0 Å². The molecule has 0 bridgehead atoms. The monoisotopic (exact) mass is 225 g/mol. The van der Waals surface area contributed by atoms with E-state index in [0.29, 0.717) is 0 Å². The number of nitrogens with zero attached hydrogens (tertiary/aromatic N) is 1. The second-order valence-corrected chi connectivity index (χ2v) is 3.75. The second-order valence-electron chi connectivity index (χ2n) is 3.75. The third-order valence-corrected chi connectivity index (χ3v) is 2.69. The lowest BCUT2D eigenvalue weighted by atomic mass is 10.2. The Morgan fingerprint density at radius 2 is 1.88 bits per heavy atom. The lowest BCUT2D eigenvalue weighted by Crippen LogP contribution is -1.79. The Balaban J connectivity index is 2.14. The molecule has 0 amide bonds. The Morgan fingerprint density at radius 1 is 1.06 bits per heavy atom. The molecule has 0 aliphatic heterocycles. The van der Waals surface area contributed by atoms with Crippen LogP contribution in [0.15, 0.2) is 53.2 Å². The van der Waals surface area contributed by atoms with E-state index in [2.05, 4.69) is 4.98 Å². The molecule has 3 rings (SSSR count). The van der Waals surface area contributed by atoms with E-state index in [1.165, 1.54) is 0 Å². The Hall–Kier alpha value is -2.29. The molecule has 3 nitrogen and oxygen atoms in total. The third-order valence-electron chi connectivity index (χ3n) is 2.69.